The molecule has 0 atom stereocenters. The molecular formula is C13H21ClN2. The summed E-state index contributed by atoms with van der Waals surface area (Å²) in [5.41, 5.74) is 2.21. The van der Waals surface area contributed by atoms with Gasteiger partial charge in [-0.2, -0.15) is 0 Å². The van der Waals surface area contributed by atoms with Gasteiger partial charge in [0.15, 0.2) is 0 Å². The Labute approximate surface area is 103 Å². The zero-order chi connectivity index (χ0) is 11.6. The molecule has 1 N–H and O–H groups in total. The molecular weight excluding hydrogens is 220 g/mol. The first-order valence-corrected chi connectivity index (χ1v) is 6.55. The van der Waals surface area contributed by atoms with Gasteiger partial charge in [-0.25, -0.2) is 0 Å². The molecule has 0 aromatic carbocycles. The van der Waals surface area contributed by atoms with Crippen LogP contribution < -0.4 is 5.32 Å². The van der Waals surface area contributed by atoms with Crippen molar-refractivity contribution >= 4 is 11.6 Å². The van der Waals surface area contributed by atoms with E-state index in [1.54, 1.807) is 0 Å². The fourth-order valence-corrected chi connectivity index (χ4v) is 1.80. The maximum absolute atomic E-state index is 5.61. The highest BCUT2D eigenvalue weighted by molar-refractivity contribution is 6.17. The van der Waals surface area contributed by atoms with Gasteiger partial charge in [-0.05, 0) is 38.4 Å². The van der Waals surface area contributed by atoms with Crippen molar-refractivity contribution in [3.05, 3.63) is 29.6 Å². The van der Waals surface area contributed by atoms with E-state index in [-0.39, 0.29) is 0 Å². The molecule has 1 aromatic heterocycles. The van der Waals surface area contributed by atoms with E-state index in [4.69, 9.17) is 11.6 Å². The van der Waals surface area contributed by atoms with Crippen LogP contribution in [0.4, 0.5) is 0 Å². The van der Waals surface area contributed by atoms with Crippen LogP contribution in [0.1, 0.15) is 37.1 Å². The third-order valence-corrected chi connectivity index (χ3v) is 2.76. The minimum Gasteiger partial charge on any atom is -0.311 e. The standard InChI is InChI=1S/C13H21ClN2/c1-12-7-6-8-13(16-12)11-15-10-5-3-2-4-9-14/h6-8,15H,2-5,9-11H2,1H3. The summed E-state index contributed by atoms with van der Waals surface area (Å²) >= 11 is 5.61. The highest BCUT2D eigenvalue weighted by Crippen LogP contribution is 2.01. The van der Waals surface area contributed by atoms with Gasteiger partial charge in [-0.15, -0.1) is 11.6 Å². The Hall–Kier alpha value is -0.600. The van der Waals surface area contributed by atoms with Gasteiger partial charge in [-0.3, -0.25) is 4.98 Å². The van der Waals surface area contributed by atoms with Crippen molar-refractivity contribution in [1.82, 2.24) is 10.3 Å². The number of nitrogens with zero attached hydrogens (tertiary/aromatic N) is 1. The first-order chi connectivity index (χ1) is 7.83. The Kier molecular flexibility index (Phi) is 7.19. The lowest BCUT2D eigenvalue weighted by atomic mass is 10.2. The molecule has 0 fully saturated rings. The van der Waals surface area contributed by atoms with Crippen molar-refractivity contribution < 1.29 is 0 Å². The molecule has 0 bridgehead atoms. The van der Waals surface area contributed by atoms with Gasteiger partial charge in [-0.1, -0.05) is 18.9 Å². The second-order valence-corrected chi connectivity index (χ2v) is 4.43. The Morgan fingerprint density at radius 3 is 2.75 bits per heavy atom. The summed E-state index contributed by atoms with van der Waals surface area (Å²) < 4.78 is 0. The third-order valence-electron chi connectivity index (χ3n) is 2.49. The average Bonchev–Trinajstić information content (AvgIpc) is 2.28. The monoisotopic (exact) mass is 240 g/mol. The highest BCUT2D eigenvalue weighted by atomic mass is 35.5. The van der Waals surface area contributed by atoms with Crippen molar-refractivity contribution in [1.29, 1.82) is 0 Å². The minimum atomic E-state index is 0.792. The van der Waals surface area contributed by atoms with Gasteiger partial charge in [0, 0.05) is 18.1 Å². The molecule has 90 valence electrons. The largest absolute Gasteiger partial charge is 0.311 e. The number of unbranched alkanes of at least 4 members (excludes halogenated alkanes) is 3. The number of aromatic nitrogens is 1. The first-order valence-electron chi connectivity index (χ1n) is 6.02. The molecule has 3 heteroatoms. The van der Waals surface area contributed by atoms with Crippen LogP contribution >= 0.6 is 11.6 Å². The molecule has 0 aliphatic heterocycles. The summed E-state index contributed by atoms with van der Waals surface area (Å²) in [5, 5.41) is 3.41. The first kappa shape index (κ1) is 13.5. The Bertz CT molecular complexity index is 289. The molecule has 0 aliphatic rings. The molecule has 1 heterocycles. The zero-order valence-electron chi connectivity index (χ0n) is 10.0. The smallest absolute Gasteiger partial charge is 0.0544 e. The lowest BCUT2D eigenvalue weighted by Gasteiger charge is -2.04. The van der Waals surface area contributed by atoms with Crippen molar-refractivity contribution in [3.63, 3.8) is 0 Å². The van der Waals surface area contributed by atoms with Gasteiger partial charge in [0.2, 0.25) is 0 Å². The molecule has 0 saturated heterocycles. The number of hydrogen-bond acceptors (Lipinski definition) is 2. The minimum absolute atomic E-state index is 0.792. The highest BCUT2D eigenvalue weighted by Gasteiger charge is 1.94. The molecule has 0 amide bonds. The Balaban J connectivity index is 2.03. The predicted molar refractivity (Wildman–Crippen MR) is 69.9 cm³/mol. The van der Waals surface area contributed by atoms with Crippen molar-refractivity contribution in [2.45, 2.75) is 39.2 Å². The van der Waals surface area contributed by atoms with Crippen LogP contribution in [0.5, 0.6) is 0 Å². The van der Waals surface area contributed by atoms with Crippen LogP contribution in [0.15, 0.2) is 18.2 Å². The van der Waals surface area contributed by atoms with Gasteiger partial charge in [0.25, 0.3) is 0 Å². The molecule has 0 spiro atoms. The van der Waals surface area contributed by atoms with Gasteiger partial charge < -0.3 is 5.32 Å². The van der Waals surface area contributed by atoms with Crippen LogP contribution in [0.3, 0.4) is 0 Å². The van der Waals surface area contributed by atoms with Gasteiger partial charge in [0.05, 0.1) is 5.69 Å². The molecule has 0 unspecified atom stereocenters. The Morgan fingerprint density at radius 1 is 1.19 bits per heavy atom. The number of nitrogens with one attached hydrogen (secondary N) is 1. The second-order valence-electron chi connectivity index (χ2n) is 4.05. The van der Waals surface area contributed by atoms with Gasteiger partial charge >= 0.3 is 0 Å². The van der Waals surface area contributed by atoms with Crippen LogP contribution in [0.25, 0.3) is 0 Å². The number of alkyl halides is 1. The summed E-state index contributed by atoms with van der Waals surface area (Å²) in [4.78, 5) is 4.44. The van der Waals surface area contributed by atoms with E-state index in [2.05, 4.69) is 22.4 Å². The van der Waals surface area contributed by atoms with Crippen LogP contribution in [-0.2, 0) is 6.54 Å². The normalized spacial score (nSPS) is 10.6. The number of hydrogen-bond donors (Lipinski definition) is 1. The van der Waals surface area contributed by atoms with E-state index in [1.807, 2.05) is 13.0 Å². The number of rotatable bonds is 8. The fourth-order valence-electron chi connectivity index (χ4n) is 1.61. The van der Waals surface area contributed by atoms with E-state index in [0.717, 1.165) is 36.8 Å². The summed E-state index contributed by atoms with van der Waals surface area (Å²) in [6, 6.07) is 6.14. The Morgan fingerprint density at radius 2 is 2.00 bits per heavy atom. The number of aryl methyl sites for hydroxylation is 1. The third kappa shape index (κ3) is 6.09. The average molecular weight is 241 g/mol. The lowest BCUT2D eigenvalue weighted by molar-refractivity contribution is 0.594. The summed E-state index contributed by atoms with van der Waals surface area (Å²) in [6.45, 7) is 3.96. The van der Waals surface area contributed by atoms with E-state index >= 15 is 0 Å². The van der Waals surface area contributed by atoms with Crippen LogP contribution in [-0.4, -0.2) is 17.4 Å². The van der Waals surface area contributed by atoms with Gasteiger partial charge in [0.1, 0.15) is 0 Å². The lowest BCUT2D eigenvalue weighted by Crippen LogP contribution is -2.15. The topological polar surface area (TPSA) is 24.9 Å². The van der Waals surface area contributed by atoms with Crippen LogP contribution in [0, 0.1) is 6.92 Å². The number of halogens is 1. The van der Waals surface area contributed by atoms with Crippen molar-refractivity contribution in [3.8, 4) is 0 Å². The molecule has 1 aromatic rings. The molecule has 16 heavy (non-hydrogen) atoms. The van der Waals surface area contributed by atoms with E-state index in [9.17, 15) is 0 Å². The van der Waals surface area contributed by atoms with E-state index < -0.39 is 0 Å². The molecule has 0 saturated carbocycles. The molecule has 1 rings (SSSR count). The molecule has 2 nitrogen and oxygen atoms in total. The zero-order valence-corrected chi connectivity index (χ0v) is 10.8. The summed E-state index contributed by atoms with van der Waals surface area (Å²) in [6.07, 6.45) is 4.87. The molecule has 0 aliphatic carbocycles. The van der Waals surface area contributed by atoms with E-state index in [0.29, 0.717) is 0 Å². The number of pyridine rings is 1. The quantitative estimate of drug-likeness (QED) is 0.557. The second kappa shape index (κ2) is 8.54. The summed E-state index contributed by atoms with van der Waals surface area (Å²) in [7, 11) is 0. The fraction of sp³-hybridized carbons (Fsp3) is 0.615. The van der Waals surface area contributed by atoms with Crippen molar-refractivity contribution in [2.24, 2.45) is 0 Å². The predicted octanol–water partition coefficient (Wildman–Crippen LogP) is 3.28. The van der Waals surface area contributed by atoms with Crippen LogP contribution in [0.2, 0.25) is 0 Å². The van der Waals surface area contributed by atoms with Crippen molar-refractivity contribution in [2.75, 3.05) is 12.4 Å². The summed E-state index contributed by atoms with van der Waals surface area (Å²) in [5.74, 6) is 0.792. The SMILES string of the molecule is Cc1cccc(CNCCCCCCCl)n1. The maximum Gasteiger partial charge on any atom is 0.0544 e. The maximum atomic E-state index is 5.61. The molecule has 0 radical (unpaired) electrons. The van der Waals surface area contributed by atoms with E-state index in [1.165, 1.54) is 19.3 Å².